The van der Waals surface area contributed by atoms with E-state index in [9.17, 15) is 4.79 Å². The Morgan fingerprint density at radius 3 is 2.14 bits per heavy atom. The highest BCUT2D eigenvalue weighted by Gasteiger charge is 2.03. The van der Waals surface area contributed by atoms with Gasteiger partial charge in [0.1, 0.15) is 0 Å². The smallest absolute Gasteiger partial charge is 0.327 e. The van der Waals surface area contributed by atoms with E-state index in [0.717, 1.165) is 63.7 Å². The van der Waals surface area contributed by atoms with Crippen LogP contribution in [0.15, 0.2) is 48.8 Å². The molecule has 0 atom stereocenters. The van der Waals surface area contributed by atoms with Crippen LogP contribution in [0.4, 0.5) is 0 Å². The molecule has 0 saturated heterocycles. The molecule has 6 nitrogen and oxygen atoms in total. The van der Waals surface area contributed by atoms with E-state index in [0.29, 0.717) is 18.2 Å². The van der Waals surface area contributed by atoms with Gasteiger partial charge >= 0.3 is 5.97 Å². The Bertz CT molecular complexity index is 866. The Morgan fingerprint density at radius 2 is 1.43 bits per heavy atom. The highest BCUT2D eigenvalue weighted by Crippen LogP contribution is 2.19. The summed E-state index contributed by atoms with van der Waals surface area (Å²) in [5.41, 5.74) is 2.36. The van der Waals surface area contributed by atoms with Crippen molar-refractivity contribution < 1.29 is 19.4 Å². The second-order valence-corrected chi connectivity index (χ2v) is 9.57. The van der Waals surface area contributed by atoms with Gasteiger partial charge in [0.15, 0.2) is 11.6 Å². The first kappa shape index (κ1) is 30.5. The Kier molecular flexibility index (Phi) is 16.8. The fourth-order valence-electron chi connectivity index (χ4n) is 4.07. The van der Waals surface area contributed by atoms with Crippen LogP contribution in [0.2, 0.25) is 0 Å². The molecular weight excluding hydrogens is 464 g/mol. The molecule has 1 aromatic heterocycles. The lowest BCUT2D eigenvalue weighted by Crippen LogP contribution is -2.02. The topological polar surface area (TPSA) is 81.5 Å². The predicted octanol–water partition coefficient (Wildman–Crippen LogP) is 7.81. The lowest BCUT2D eigenvalue weighted by molar-refractivity contribution is -0.131. The van der Waals surface area contributed by atoms with Crippen molar-refractivity contribution in [2.24, 2.45) is 0 Å². The molecule has 204 valence electrons. The normalized spacial score (nSPS) is 11.3. The Morgan fingerprint density at radius 1 is 0.811 bits per heavy atom. The lowest BCUT2D eigenvalue weighted by Gasteiger charge is -2.07. The number of nitrogens with zero attached hydrogens (tertiary/aromatic N) is 2. The maximum atomic E-state index is 10.4. The van der Waals surface area contributed by atoms with E-state index in [2.05, 4.69) is 41.2 Å². The number of aryl methyl sites for hydroxylation is 1. The predicted molar refractivity (Wildman–Crippen MR) is 150 cm³/mol. The molecule has 0 saturated carbocycles. The SMILES string of the molecule is CCCCCCOCCCCOc1cnc(-c2ccc(CCCCCCCC/C=C/C(=O)O)cc2)nc1. The quantitative estimate of drug-likeness (QED) is 0.128. The van der Waals surface area contributed by atoms with E-state index in [-0.39, 0.29) is 0 Å². The summed E-state index contributed by atoms with van der Waals surface area (Å²) in [6.07, 6.45) is 22.5. The third-order valence-corrected chi connectivity index (χ3v) is 6.28. The van der Waals surface area contributed by atoms with Crippen LogP contribution in [-0.2, 0) is 16.0 Å². The molecule has 0 unspecified atom stereocenters. The van der Waals surface area contributed by atoms with E-state index < -0.39 is 5.97 Å². The number of ether oxygens (including phenoxy) is 2. The number of benzene rings is 1. The average Bonchev–Trinajstić information content (AvgIpc) is 2.91. The van der Waals surface area contributed by atoms with Gasteiger partial charge < -0.3 is 14.6 Å². The molecule has 37 heavy (non-hydrogen) atoms. The molecule has 2 aromatic rings. The standard InChI is InChI=1S/C31H46N2O4/c1-2-3-4-13-22-36-23-14-15-24-37-29-25-32-31(33-26-29)28-20-18-27(19-21-28)16-11-9-7-5-6-8-10-12-17-30(34)35/h12,17-21,25-26H,2-11,13-16,22-24H2,1H3,(H,34,35)/b17-12+. The number of carboxylic acids is 1. The molecule has 1 N–H and O–H groups in total. The maximum absolute atomic E-state index is 10.4. The maximum Gasteiger partial charge on any atom is 0.327 e. The van der Waals surface area contributed by atoms with Crippen LogP contribution in [0.3, 0.4) is 0 Å². The number of hydrogen-bond acceptors (Lipinski definition) is 5. The number of aromatic nitrogens is 2. The number of carbonyl (C=O) groups is 1. The zero-order valence-electron chi connectivity index (χ0n) is 22.7. The molecule has 0 spiro atoms. The summed E-state index contributed by atoms with van der Waals surface area (Å²) >= 11 is 0. The van der Waals surface area contributed by atoms with Crippen molar-refractivity contribution in [2.75, 3.05) is 19.8 Å². The third kappa shape index (κ3) is 15.2. The summed E-state index contributed by atoms with van der Waals surface area (Å²) in [5, 5.41) is 8.56. The van der Waals surface area contributed by atoms with E-state index in [1.165, 1.54) is 56.6 Å². The highest BCUT2D eigenvalue weighted by atomic mass is 16.5. The Balaban J connectivity index is 1.54. The fraction of sp³-hybridized carbons (Fsp3) is 0.581. The van der Waals surface area contributed by atoms with Crippen LogP contribution in [0.5, 0.6) is 5.75 Å². The van der Waals surface area contributed by atoms with Crippen LogP contribution < -0.4 is 4.74 Å². The van der Waals surface area contributed by atoms with Crippen molar-refractivity contribution in [3.63, 3.8) is 0 Å². The van der Waals surface area contributed by atoms with E-state index in [1.807, 2.05) is 0 Å². The van der Waals surface area contributed by atoms with Gasteiger partial charge in [0.25, 0.3) is 0 Å². The lowest BCUT2D eigenvalue weighted by atomic mass is 10.0. The van der Waals surface area contributed by atoms with Crippen LogP contribution in [-0.4, -0.2) is 40.9 Å². The average molecular weight is 511 g/mol. The number of hydrogen-bond donors (Lipinski definition) is 1. The minimum absolute atomic E-state index is 0.654. The largest absolute Gasteiger partial charge is 0.490 e. The van der Waals surface area contributed by atoms with Crippen molar-refractivity contribution >= 4 is 5.97 Å². The molecule has 0 aliphatic rings. The minimum atomic E-state index is -0.862. The zero-order chi connectivity index (χ0) is 26.4. The van der Waals surface area contributed by atoms with Gasteiger partial charge in [-0.2, -0.15) is 0 Å². The first-order valence-electron chi connectivity index (χ1n) is 14.2. The second kappa shape index (κ2) is 20.3. The van der Waals surface area contributed by atoms with Crippen molar-refractivity contribution in [1.29, 1.82) is 0 Å². The molecular formula is C31H46N2O4. The van der Waals surface area contributed by atoms with Crippen molar-refractivity contribution in [3.05, 3.63) is 54.4 Å². The number of aliphatic carboxylic acids is 1. The number of unbranched alkanes of at least 4 members (excludes halogenated alkanes) is 10. The Labute approximate surface area is 223 Å². The summed E-state index contributed by atoms with van der Waals surface area (Å²) in [7, 11) is 0. The summed E-state index contributed by atoms with van der Waals surface area (Å²) in [6.45, 7) is 4.55. The number of rotatable bonds is 22. The molecule has 0 aliphatic carbocycles. The van der Waals surface area contributed by atoms with E-state index in [4.69, 9.17) is 14.6 Å². The molecule has 0 bridgehead atoms. The van der Waals surface area contributed by atoms with Gasteiger partial charge in [-0.3, -0.25) is 0 Å². The summed E-state index contributed by atoms with van der Waals surface area (Å²) in [5.74, 6) is 0.561. The molecule has 2 rings (SSSR count). The van der Waals surface area contributed by atoms with Crippen LogP contribution in [0.1, 0.15) is 96.0 Å². The van der Waals surface area contributed by atoms with Crippen LogP contribution >= 0.6 is 0 Å². The van der Waals surface area contributed by atoms with Gasteiger partial charge in [0, 0.05) is 24.9 Å². The third-order valence-electron chi connectivity index (χ3n) is 6.28. The first-order chi connectivity index (χ1) is 18.2. The Hall–Kier alpha value is -2.73. The van der Waals surface area contributed by atoms with Crippen molar-refractivity contribution in [1.82, 2.24) is 9.97 Å². The number of allylic oxidation sites excluding steroid dienone is 1. The highest BCUT2D eigenvalue weighted by molar-refractivity contribution is 5.79. The molecule has 0 amide bonds. The van der Waals surface area contributed by atoms with Gasteiger partial charge in [0.05, 0.1) is 19.0 Å². The fourth-order valence-corrected chi connectivity index (χ4v) is 4.07. The molecule has 6 heteroatoms. The minimum Gasteiger partial charge on any atom is -0.490 e. The summed E-state index contributed by atoms with van der Waals surface area (Å²) < 4.78 is 11.4. The first-order valence-corrected chi connectivity index (χ1v) is 14.2. The summed E-state index contributed by atoms with van der Waals surface area (Å²) in [6, 6.07) is 8.53. The van der Waals surface area contributed by atoms with Crippen LogP contribution in [0, 0.1) is 0 Å². The van der Waals surface area contributed by atoms with Crippen molar-refractivity contribution in [2.45, 2.75) is 96.8 Å². The van der Waals surface area contributed by atoms with Gasteiger partial charge in [-0.1, -0.05) is 82.2 Å². The zero-order valence-corrected chi connectivity index (χ0v) is 22.7. The van der Waals surface area contributed by atoms with Gasteiger partial charge in [-0.25, -0.2) is 14.8 Å². The van der Waals surface area contributed by atoms with Gasteiger partial charge in [0.2, 0.25) is 0 Å². The van der Waals surface area contributed by atoms with E-state index >= 15 is 0 Å². The van der Waals surface area contributed by atoms with Crippen LogP contribution in [0.25, 0.3) is 11.4 Å². The molecule has 0 fully saturated rings. The van der Waals surface area contributed by atoms with Gasteiger partial charge in [-0.05, 0) is 50.5 Å². The molecule has 1 heterocycles. The molecule has 1 aromatic carbocycles. The second-order valence-electron chi connectivity index (χ2n) is 9.57. The summed E-state index contributed by atoms with van der Waals surface area (Å²) in [4.78, 5) is 19.4. The van der Waals surface area contributed by atoms with Gasteiger partial charge in [-0.15, -0.1) is 0 Å². The number of carboxylic acid groups (broad SMARTS) is 1. The molecule has 0 aliphatic heterocycles. The monoisotopic (exact) mass is 510 g/mol. The van der Waals surface area contributed by atoms with Crippen molar-refractivity contribution in [3.8, 4) is 17.1 Å². The molecule has 0 radical (unpaired) electrons. The van der Waals surface area contributed by atoms with E-state index in [1.54, 1.807) is 18.5 Å².